The number of rotatable bonds is 4. The SMILES string of the molecule is Nc1ccc2c3c(c(C(=O)N[C@@H]4CCC[C@@H]4N)sc13)C(N)C(=O)C2(N)c1cncc(-c2ccccc2)c1. The predicted octanol–water partition coefficient (Wildman–Crippen LogP) is 2.94. The van der Waals surface area contributed by atoms with Crippen LogP contribution in [-0.2, 0) is 10.3 Å². The number of hydrogen-bond acceptors (Lipinski definition) is 8. The minimum Gasteiger partial charge on any atom is -0.398 e. The van der Waals surface area contributed by atoms with E-state index in [0.29, 0.717) is 37.3 Å². The van der Waals surface area contributed by atoms with E-state index in [9.17, 15) is 9.59 Å². The van der Waals surface area contributed by atoms with Crippen LogP contribution in [0.15, 0.2) is 60.9 Å². The van der Waals surface area contributed by atoms with Crippen molar-refractivity contribution in [3.63, 3.8) is 0 Å². The number of anilines is 1. The molecule has 1 amide bonds. The highest BCUT2D eigenvalue weighted by molar-refractivity contribution is 7.21. The first-order valence-corrected chi connectivity index (χ1v) is 13.1. The maximum Gasteiger partial charge on any atom is 0.262 e. The molecule has 4 aromatic rings. The Kier molecular flexibility index (Phi) is 5.61. The lowest BCUT2D eigenvalue weighted by Crippen LogP contribution is -2.52. The van der Waals surface area contributed by atoms with E-state index >= 15 is 0 Å². The van der Waals surface area contributed by atoms with Crippen LogP contribution < -0.4 is 28.3 Å². The van der Waals surface area contributed by atoms with Gasteiger partial charge in [0.05, 0.1) is 15.6 Å². The number of thiophene rings is 1. The highest BCUT2D eigenvalue weighted by Crippen LogP contribution is 2.49. The van der Waals surface area contributed by atoms with Crippen LogP contribution in [0.1, 0.15) is 51.7 Å². The summed E-state index contributed by atoms with van der Waals surface area (Å²) in [6, 6.07) is 13.8. The first kappa shape index (κ1) is 23.7. The van der Waals surface area contributed by atoms with Crippen LogP contribution in [-0.4, -0.2) is 28.8 Å². The first-order chi connectivity index (χ1) is 17.8. The fourth-order valence-electron chi connectivity index (χ4n) is 5.69. The van der Waals surface area contributed by atoms with Crippen molar-refractivity contribution >= 4 is 38.8 Å². The molecule has 9 N–H and O–H groups in total. The summed E-state index contributed by atoms with van der Waals surface area (Å²) in [5.74, 6) is -0.687. The lowest BCUT2D eigenvalue weighted by molar-refractivity contribution is -0.124. The van der Waals surface area contributed by atoms with E-state index in [1.54, 1.807) is 24.5 Å². The largest absolute Gasteiger partial charge is 0.398 e. The van der Waals surface area contributed by atoms with Gasteiger partial charge in [-0.15, -0.1) is 11.3 Å². The number of amides is 1. The molecule has 0 bridgehead atoms. The van der Waals surface area contributed by atoms with Crippen LogP contribution in [0.3, 0.4) is 0 Å². The second-order valence-electron chi connectivity index (χ2n) is 9.90. The monoisotopic (exact) mass is 512 g/mol. The van der Waals surface area contributed by atoms with Crippen molar-refractivity contribution in [2.75, 3.05) is 5.73 Å². The maximum absolute atomic E-state index is 14.0. The Morgan fingerprint density at radius 2 is 1.84 bits per heavy atom. The molecule has 2 heterocycles. The molecule has 9 heteroatoms. The molecule has 1 fully saturated rings. The van der Waals surface area contributed by atoms with E-state index in [2.05, 4.69) is 10.3 Å². The molecule has 0 saturated heterocycles. The zero-order chi connectivity index (χ0) is 25.9. The van der Waals surface area contributed by atoms with E-state index < -0.39 is 17.4 Å². The van der Waals surface area contributed by atoms with Crippen molar-refractivity contribution in [1.29, 1.82) is 0 Å². The first-order valence-electron chi connectivity index (χ1n) is 12.3. The number of aromatic nitrogens is 1. The fraction of sp³-hybridized carbons (Fsp3) is 0.250. The van der Waals surface area contributed by atoms with Crippen LogP contribution in [0.2, 0.25) is 0 Å². The maximum atomic E-state index is 14.0. The zero-order valence-electron chi connectivity index (χ0n) is 20.1. The van der Waals surface area contributed by atoms with Crippen molar-refractivity contribution in [2.24, 2.45) is 17.2 Å². The topological polar surface area (TPSA) is 163 Å². The second kappa shape index (κ2) is 8.74. The molecule has 2 aliphatic carbocycles. The van der Waals surface area contributed by atoms with Gasteiger partial charge in [-0.05, 0) is 42.5 Å². The summed E-state index contributed by atoms with van der Waals surface area (Å²) >= 11 is 1.24. The molecule has 2 aliphatic rings. The number of carbonyl (C=O) groups is 2. The van der Waals surface area contributed by atoms with E-state index in [1.165, 1.54) is 11.3 Å². The van der Waals surface area contributed by atoms with Gasteiger partial charge in [-0.1, -0.05) is 36.4 Å². The van der Waals surface area contributed by atoms with Crippen molar-refractivity contribution in [3.8, 4) is 11.1 Å². The summed E-state index contributed by atoms with van der Waals surface area (Å²) < 4.78 is 0.693. The Morgan fingerprint density at radius 3 is 2.57 bits per heavy atom. The molecular weight excluding hydrogens is 484 g/mol. The number of nitrogens with two attached hydrogens (primary N) is 4. The van der Waals surface area contributed by atoms with Crippen LogP contribution >= 0.6 is 11.3 Å². The van der Waals surface area contributed by atoms with Crippen molar-refractivity contribution in [1.82, 2.24) is 10.3 Å². The van der Waals surface area contributed by atoms with Crippen LogP contribution in [0.4, 0.5) is 5.69 Å². The molecule has 37 heavy (non-hydrogen) atoms. The number of nitrogen functional groups attached to an aromatic ring is 1. The highest BCUT2D eigenvalue weighted by Gasteiger charge is 2.49. The second-order valence-corrected chi connectivity index (χ2v) is 10.9. The molecule has 8 nitrogen and oxygen atoms in total. The van der Waals surface area contributed by atoms with Crippen molar-refractivity contribution in [3.05, 3.63) is 82.5 Å². The van der Waals surface area contributed by atoms with Gasteiger partial charge >= 0.3 is 0 Å². The lowest BCUT2D eigenvalue weighted by Gasteiger charge is -2.36. The fourth-order valence-corrected chi connectivity index (χ4v) is 6.90. The number of carbonyl (C=O) groups excluding carboxylic acids is 2. The average molecular weight is 513 g/mol. The summed E-state index contributed by atoms with van der Waals surface area (Å²) in [5.41, 5.74) is 28.4. The van der Waals surface area contributed by atoms with Gasteiger partial charge in [0.25, 0.3) is 5.91 Å². The molecule has 2 aromatic carbocycles. The number of hydrogen-bond donors (Lipinski definition) is 5. The molecule has 1 saturated carbocycles. The number of nitrogens with zero attached hydrogens (tertiary/aromatic N) is 1. The Balaban J connectivity index is 1.52. The lowest BCUT2D eigenvalue weighted by atomic mass is 9.70. The molecular formula is C28H28N6O2S. The minimum atomic E-state index is -1.56. The molecule has 2 unspecified atom stereocenters. The summed E-state index contributed by atoms with van der Waals surface area (Å²) in [6.07, 6.45) is 5.99. The third-order valence-corrected chi connectivity index (χ3v) is 8.96. The molecule has 0 spiro atoms. The van der Waals surface area contributed by atoms with Gasteiger partial charge in [-0.3, -0.25) is 14.6 Å². The summed E-state index contributed by atoms with van der Waals surface area (Å²) in [7, 11) is 0. The van der Waals surface area contributed by atoms with E-state index in [1.807, 2.05) is 36.4 Å². The number of nitrogens with one attached hydrogen (secondary N) is 1. The summed E-state index contributed by atoms with van der Waals surface area (Å²) in [6.45, 7) is 0. The van der Waals surface area contributed by atoms with Gasteiger partial charge in [0.1, 0.15) is 5.54 Å². The van der Waals surface area contributed by atoms with Gasteiger partial charge < -0.3 is 28.3 Å². The number of benzene rings is 2. The van der Waals surface area contributed by atoms with Crippen LogP contribution in [0, 0.1) is 0 Å². The third kappa shape index (κ3) is 3.58. The Morgan fingerprint density at radius 1 is 1.05 bits per heavy atom. The standard InChI is InChI=1S/C28H28N6O2S/c29-18-7-4-8-20(18)34-27(36)25-22-21-17(9-10-19(30)24(21)37-25)28(32,26(35)23(22)31)16-11-15(12-33-13-16)14-5-2-1-3-6-14/h1-3,5-6,9-13,18,20,23H,4,7-8,29-32H2,(H,34,36)/t18-,20+,23?,28?/m0/s1. The van der Waals surface area contributed by atoms with E-state index in [0.717, 1.165) is 30.4 Å². The van der Waals surface area contributed by atoms with Gasteiger partial charge in [-0.25, -0.2) is 0 Å². The zero-order valence-corrected chi connectivity index (χ0v) is 20.9. The minimum absolute atomic E-state index is 0.0910. The van der Waals surface area contributed by atoms with Gasteiger partial charge in [0.15, 0.2) is 5.78 Å². The molecule has 6 rings (SSSR count). The molecule has 0 radical (unpaired) electrons. The predicted molar refractivity (Wildman–Crippen MR) is 146 cm³/mol. The number of ketones is 1. The summed E-state index contributed by atoms with van der Waals surface area (Å²) in [5, 5.41) is 3.73. The van der Waals surface area contributed by atoms with Gasteiger partial charge in [-0.2, -0.15) is 0 Å². The van der Waals surface area contributed by atoms with E-state index in [4.69, 9.17) is 22.9 Å². The summed E-state index contributed by atoms with van der Waals surface area (Å²) in [4.78, 5) is 32.2. The van der Waals surface area contributed by atoms with E-state index in [-0.39, 0.29) is 18.0 Å². The number of pyridine rings is 1. The van der Waals surface area contributed by atoms with Crippen LogP contribution in [0.25, 0.3) is 21.2 Å². The normalized spacial score (nSPS) is 24.9. The van der Waals surface area contributed by atoms with Crippen LogP contribution in [0.5, 0.6) is 0 Å². The number of Topliss-reactive ketones (excluding diaryl/α,β-unsaturated/α-hetero) is 1. The average Bonchev–Trinajstić information content (AvgIpc) is 3.52. The van der Waals surface area contributed by atoms with Gasteiger partial charge in [0.2, 0.25) is 0 Å². The van der Waals surface area contributed by atoms with Gasteiger partial charge in [0, 0.05) is 52.2 Å². The Bertz CT molecular complexity index is 1550. The smallest absolute Gasteiger partial charge is 0.262 e. The molecule has 4 atom stereocenters. The Hall–Kier alpha value is -3.63. The molecule has 0 aliphatic heterocycles. The molecule has 2 aromatic heterocycles. The molecule has 188 valence electrons. The Labute approximate surface area is 218 Å². The van der Waals surface area contributed by atoms with Crippen molar-refractivity contribution in [2.45, 2.75) is 42.9 Å². The highest BCUT2D eigenvalue weighted by atomic mass is 32.1. The quantitative estimate of drug-likeness (QED) is 0.262. The van der Waals surface area contributed by atoms with Crippen molar-refractivity contribution < 1.29 is 9.59 Å². The third-order valence-electron chi connectivity index (χ3n) is 7.71.